The highest BCUT2D eigenvalue weighted by Crippen LogP contribution is 2.29. The highest BCUT2D eigenvalue weighted by molar-refractivity contribution is 7.89. The molecular formula is C21H24F2N2O7S. The Morgan fingerprint density at radius 1 is 1.06 bits per heavy atom. The molecule has 0 radical (unpaired) electrons. The van der Waals surface area contributed by atoms with E-state index >= 15 is 0 Å². The molecule has 12 heteroatoms. The van der Waals surface area contributed by atoms with Gasteiger partial charge in [-0.1, -0.05) is 6.07 Å². The quantitative estimate of drug-likeness (QED) is 0.514. The number of benzene rings is 2. The van der Waals surface area contributed by atoms with Gasteiger partial charge in [0.15, 0.2) is 11.5 Å². The van der Waals surface area contributed by atoms with Gasteiger partial charge in [-0.3, -0.25) is 4.79 Å². The molecule has 1 amide bonds. The summed E-state index contributed by atoms with van der Waals surface area (Å²) in [6, 6.07) is 8.32. The van der Waals surface area contributed by atoms with Crippen molar-refractivity contribution in [2.75, 3.05) is 21.2 Å². The summed E-state index contributed by atoms with van der Waals surface area (Å²) in [4.78, 5) is 24.6. The average Bonchev–Trinajstić information content (AvgIpc) is 2.77. The van der Waals surface area contributed by atoms with Gasteiger partial charge in [-0.15, -0.1) is 0 Å². The van der Waals surface area contributed by atoms with Crippen LogP contribution in [0.15, 0.2) is 47.4 Å². The topological polar surface area (TPSA) is 111 Å². The molecule has 1 unspecified atom stereocenters. The number of esters is 1. The first-order valence-electron chi connectivity index (χ1n) is 9.57. The van der Waals surface area contributed by atoms with Crippen molar-refractivity contribution in [2.45, 2.75) is 31.1 Å². The number of sulfonamides is 1. The number of amides is 1. The van der Waals surface area contributed by atoms with E-state index in [1.54, 1.807) is 0 Å². The van der Waals surface area contributed by atoms with Crippen LogP contribution in [0.5, 0.6) is 11.5 Å². The molecule has 0 heterocycles. The number of carbonyl (C=O) groups excluding carboxylic acids is 2. The van der Waals surface area contributed by atoms with Crippen molar-refractivity contribution in [1.29, 1.82) is 0 Å². The third-order valence-corrected chi connectivity index (χ3v) is 6.25. The van der Waals surface area contributed by atoms with Crippen LogP contribution in [0, 0.1) is 0 Å². The van der Waals surface area contributed by atoms with E-state index < -0.39 is 34.6 Å². The van der Waals surface area contributed by atoms with Gasteiger partial charge in [-0.2, -0.15) is 8.78 Å². The van der Waals surface area contributed by atoms with Crippen LogP contribution in [0.4, 0.5) is 8.78 Å². The van der Waals surface area contributed by atoms with Crippen molar-refractivity contribution in [2.24, 2.45) is 0 Å². The van der Waals surface area contributed by atoms with E-state index in [4.69, 9.17) is 9.47 Å². The van der Waals surface area contributed by atoms with Crippen molar-refractivity contribution < 1.29 is 41.0 Å². The lowest BCUT2D eigenvalue weighted by molar-refractivity contribution is -0.146. The van der Waals surface area contributed by atoms with Crippen molar-refractivity contribution in [3.63, 3.8) is 0 Å². The van der Waals surface area contributed by atoms with Crippen LogP contribution in [0.2, 0.25) is 0 Å². The van der Waals surface area contributed by atoms with Crippen molar-refractivity contribution >= 4 is 21.9 Å². The molecule has 1 atom stereocenters. The van der Waals surface area contributed by atoms with E-state index in [2.05, 4.69) is 10.1 Å². The number of hydrogen-bond acceptors (Lipinski definition) is 7. The third kappa shape index (κ3) is 6.86. The lowest BCUT2D eigenvalue weighted by atomic mass is 10.2. The maximum absolute atomic E-state index is 12.4. The standard InChI is InChI=1S/C21H24F2N2O7S/c1-13(24-19(26)15-6-8-16(9-7-15)33(28,29)25(2)3)20(27)31-12-14-5-10-17(32-21(22)23)18(11-14)30-4/h5-11,13,21H,12H2,1-4H3,(H,24,26). The van der Waals surface area contributed by atoms with E-state index in [-0.39, 0.29) is 28.6 Å². The molecule has 0 aromatic heterocycles. The number of nitrogens with one attached hydrogen (secondary N) is 1. The number of hydrogen-bond donors (Lipinski definition) is 1. The Balaban J connectivity index is 1.96. The molecule has 0 aliphatic rings. The van der Waals surface area contributed by atoms with Gasteiger partial charge in [0.2, 0.25) is 10.0 Å². The van der Waals surface area contributed by atoms with Gasteiger partial charge in [0.05, 0.1) is 12.0 Å². The van der Waals surface area contributed by atoms with Crippen LogP contribution in [-0.2, 0) is 26.2 Å². The first-order valence-corrected chi connectivity index (χ1v) is 11.0. The lowest BCUT2D eigenvalue weighted by Gasteiger charge is -2.15. The van der Waals surface area contributed by atoms with Gasteiger partial charge in [0, 0.05) is 19.7 Å². The summed E-state index contributed by atoms with van der Waals surface area (Å²) in [6.07, 6.45) is 0. The van der Waals surface area contributed by atoms with Crippen LogP contribution in [0.3, 0.4) is 0 Å². The minimum absolute atomic E-state index is 0.0249. The largest absolute Gasteiger partial charge is 0.493 e. The minimum Gasteiger partial charge on any atom is -0.493 e. The Bertz CT molecular complexity index is 1090. The van der Waals surface area contributed by atoms with E-state index in [1.807, 2.05) is 0 Å². The van der Waals surface area contributed by atoms with Crippen molar-refractivity contribution in [1.82, 2.24) is 9.62 Å². The normalized spacial score (nSPS) is 12.4. The molecule has 0 saturated heterocycles. The highest BCUT2D eigenvalue weighted by atomic mass is 32.2. The number of ether oxygens (including phenoxy) is 3. The SMILES string of the molecule is COc1cc(COC(=O)C(C)NC(=O)c2ccc(S(=O)(=O)N(C)C)cc2)ccc1OC(F)F. The zero-order valence-electron chi connectivity index (χ0n) is 18.4. The summed E-state index contributed by atoms with van der Waals surface area (Å²) in [5.41, 5.74) is 0.616. The molecule has 2 aromatic rings. The summed E-state index contributed by atoms with van der Waals surface area (Å²) in [5, 5.41) is 2.47. The van der Waals surface area contributed by atoms with Crippen LogP contribution in [-0.4, -0.2) is 58.5 Å². The van der Waals surface area contributed by atoms with Crippen molar-refractivity contribution in [3.05, 3.63) is 53.6 Å². The Morgan fingerprint density at radius 2 is 1.70 bits per heavy atom. The molecule has 9 nitrogen and oxygen atoms in total. The summed E-state index contributed by atoms with van der Waals surface area (Å²) >= 11 is 0. The fourth-order valence-corrected chi connectivity index (χ4v) is 3.50. The molecule has 180 valence electrons. The third-order valence-electron chi connectivity index (χ3n) is 4.42. The molecule has 0 aliphatic carbocycles. The van der Waals surface area contributed by atoms with Gasteiger partial charge in [-0.25, -0.2) is 17.5 Å². The molecule has 33 heavy (non-hydrogen) atoms. The number of nitrogens with zero attached hydrogens (tertiary/aromatic N) is 1. The molecule has 0 bridgehead atoms. The maximum atomic E-state index is 12.4. The minimum atomic E-state index is -3.63. The molecule has 0 fully saturated rings. The smallest absolute Gasteiger partial charge is 0.387 e. The molecule has 0 saturated carbocycles. The zero-order valence-corrected chi connectivity index (χ0v) is 19.2. The predicted molar refractivity (Wildman–Crippen MR) is 114 cm³/mol. The Labute approximate surface area is 190 Å². The second kappa shape index (κ2) is 11.1. The summed E-state index contributed by atoms with van der Waals surface area (Å²) < 4.78 is 64.5. The van der Waals surface area contributed by atoms with Gasteiger partial charge in [-0.05, 0) is 48.9 Å². The predicted octanol–water partition coefficient (Wildman–Crippen LogP) is 2.41. The fourth-order valence-electron chi connectivity index (χ4n) is 2.60. The van der Waals surface area contributed by atoms with Gasteiger partial charge < -0.3 is 19.5 Å². The summed E-state index contributed by atoms with van der Waals surface area (Å²) in [6.45, 7) is -1.78. The van der Waals surface area contributed by atoms with Gasteiger partial charge in [0.1, 0.15) is 12.6 Å². The lowest BCUT2D eigenvalue weighted by Crippen LogP contribution is -2.39. The zero-order chi connectivity index (χ0) is 24.8. The van der Waals surface area contributed by atoms with Crippen LogP contribution in [0.1, 0.15) is 22.8 Å². The molecule has 0 aliphatic heterocycles. The van der Waals surface area contributed by atoms with Gasteiger partial charge in [0.25, 0.3) is 5.91 Å². The highest BCUT2D eigenvalue weighted by Gasteiger charge is 2.21. The second-order valence-corrected chi connectivity index (χ2v) is 9.13. The first kappa shape index (κ1) is 26.0. The Hall–Kier alpha value is -3.25. The van der Waals surface area contributed by atoms with E-state index in [9.17, 15) is 26.8 Å². The second-order valence-electron chi connectivity index (χ2n) is 6.98. The number of halogens is 2. The van der Waals surface area contributed by atoms with Crippen LogP contribution < -0.4 is 14.8 Å². The summed E-state index contributed by atoms with van der Waals surface area (Å²) in [5.74, 6) is -1.44. The summed E-state index contributed by atoms with van der Waals surface area (Å²) in [7, 11) is 0.439. The Morgan fingerprint density at radius 3 is 2.24 bits per heavy atom. The molecular weight excluding hydrogens is 462 g/mol. The first-order chi connectivity index (χ1) is 15.4. The maximum Gasteiger partial charge on any atom is 0.387 e. The number of carbonyl (C=O) groups is 2. The van der Waals surface area contributed by atoms with Gasteiger partial charge >= 0.3 is 12.6 Å². The van der Waals surface area contributed by atoms with Crippen molar-refractivity contribution in [3.8, 4) is 11.5 Å². The molecule has 0 spiro atoms. The fraction of sp³-hybridized carbons (Fsp3) is 0.333. The van der Waals surface area contributed by atoms with Crippen LogP contribution in [0.25, 0.3) is 0 Å². The van der Waals surface area contributed by atoms with Crippen LogP contribution >= 0.6 is 0 Å². The molecule has 2 rings (SSSR count). The number of rotatable bonds is 10. The average molecular weight is 486 g/mol. The molecule has 2 aromatic carbocycles. The van der Waals surface area contributed by atoms with E-state index in [0.717, 1.165) is 4.31 Å². The molecule has 1 N–H and O–H groups in total. The van der Waals surface area contributed by atoms with E-state index in [1.165, 1.54) is 70.6 Å². The monoisotopic (exact) mass is 486 g/mol. The number of methoxy groups -OCH3 is 1. The van der Waals surface area contributed by atoms with E-state index in [0.29, 0.717) is 5.56 Å². The Kier molecular flexibility index (Phi) is 8.71. The number of alkyl halides is 2.